The summed E-state index contributed by atoms with van der Waals surface area (Å²) in [5.41, 5.74) is 12.4. The SMILES string of the molecule is CC(=O)N[C@@H]1[C@@H](O)[C@H](O)[C@@H](CO)O[C@H]1NC(=O)C[C@H](NC(=O)[C@H](Cc1ccccc1)NC(=O)[C@@H](C)NC(=O)[C@@H](N)Cc1ccc(O)cc1)C(=O)N[C@H](C(=O)N[C@H](C(=O)NCC(N)=O)C(C)C)C(C)C. The first-order valence-corrected chi connectivity index (χ1v) is 22.3. The third-order valence-corrected chi connectivity index (χ3v) is 10.9. The number of carbonyl (C=O) groups excluding carboxylic acids is 9. The molecule has 0 aliphatic carbocycles. The van der Waals surface area contributed by atoms with E-state index >= 15 is 0 Å². The number of benzene rings is 2. The van der Waals surface area contributed by atoms with Gasteiger partial charge in [0.1, 0.15) is 60.3 Å². The third-order valence-electron chi connectivity index (χ3n) is 10.9. The first-order valence-electron chi connectivity index (χ1n) is 22.3. The fourth-order valence-corrected chi connectivity index (χ4v) is 7.09. The number of hydrogen-bond donors (Lipinski definition) is 14. The van der Waals surface area contributed by atoms with Gasteiger partial charge in [0, 0.05) is 13.3 Å². The highest BCUT2D eigenvalue weighted by Gasteiger charge is 2.46. The Labute approximate surface area is 398 Å². The summed E-state index contributed by atoms with van der Waals surface area (Å²) < 4.78 is 5.61. The van der Waals surface area contributed by atoms with Crippen molar-refractivity contribution < 1.29 is 68.3 Å². The molecule has 0 saturated carbocycles. The second-order valence-electron chi connectivity index (χ2n) is 17.4. The first kappa shape index (κ1) is 56.6. The van der Waals surface area contributed by atoms with Gasteiger partial charge in [-0.25, -0.2) is 0 Å². The second-order valence-corrected chi connectivity index (χ2v) is 17.4. The monoisotopic (exact) mass is 970 g/mol. The normalized spacial score (nSPS) is 20.4. The zero-order valence-electron chi connectivity index (χ0n) is 39.3. The summed E-state index contributed by atoms with van der Waals surface area (Å²) in [7, 11) is 0. The first-order chi connectivity index (χ1) is 32.4. The van der Waals surface area contributed by atoms with Gasteiger partial charge in [-0.1, -0.05) is 70.2 Å². The maximum atomic E-state index is 14.4. The number of nitrogens with two attached hydrogens (primary N) is 2. The number of ether oxygens (including phenoxy) is 1. The van der Waals surface area contributed by atoms with Crippen molar-refractivity contribution in [3.05, 3.63) is 65.7 Å². The van der Waals surface area contributed by atoms with E-state index < -0.39 is 151 Å². The van der Waals surface area contributed by atoms with Crippen molar-refractivity contribution in [1.29, 1.82) is 0 Å². The quantitative estimate of drug-likeness (QED) is 0.0470. The standard InChI is InChI=1S/C45H66N10O14/c1-21(2)34(43(67)48-19-32(47)59)55-44(68)35(22(3)4)54-42(66)30(18-33(60)53-45-36(50-24(6)57)38(62)37(61)31(20-56)69-45)52-41(65)29(17-25-10-8-7-9-11-25)51-39(63)23(5)49-40(64)28(46)16-26-12-14-27(58)15-13-26/h7-15,21-23,28-31,34-38,45,56,58,61-62H,16-20,46H2,1-6H3,(H2,47,59)(H,48,67)(H,49,64)(H,50,57)(H,51,63)(H,52,65)(H,53,60)(H,54,66)(H,55,68)/t23-,28+,29+,30+,31-,34+,35+,36-,37-,38-,45-/m1/s1. The summed E-state index contributed by atoms with van der Waals surface area (Å²) in [5.74, 6) is -9.03. The van der Waals surface area contributed by atoms with Crippen molar-refractivity contribution in [1.82, 2.24) is 42.5 Å². The topological polar surface area (TPSA) is 392 Å². The number of hydrogen-bond acceptors (Lipinski definition) is 15. The van der Waals surface area contributed by atoms with Crippen LogP contribution in [0.1, 0.15) is 59.1 Å². The van der Waals surface area contributed by atoms with Crippen LogP contribution in [-0.4, -0.2) is 154 Å². The molecular weight excluding hydrogens is 905 g/mol. The van der Waals surface area contributed by atoms with E-state index in [1.54, 1.807) is 70.2 Å². The number of aliphatic hydroxyl groups excluding tert-OH is 3. The van der Waals surface area contributed by atoms with Crippen molar-refractivity contribution in [3.63, 3.8) is 0 Å². The Hall–Kier alpha value is -6.73. The number of phenols is 1. The van der Waals surface area contributed by atoms with Gasteiger partial charge < -0.3 is 79.2 Å². The van der Waals surface area contributed by atoms with Crippen LogP contribution in [-0.2, 0) is 60.7 Å². The zero-order valence-corrected chi connectivity index (χ0v) is 39.3. The van der Waals surface area contributed by atoms with E-state index in [9.17, 15) is 63.6 Å². The number of nitrogens with one attached hydrogen (secondary N) is 8. The van der Waals surface area contributed by atoms with Gasteiger partial charge in [0.05, 0.1) is 25.6 Å². The smallest absolute Gasteiger partial charge is 0.243 e. The van der Waals surface area contributed by atoms with Gasteiger partial charge in [-0.05, 0) is 48.4 Å². The highest BCUT2D eigenvalue weighted by Crippen LogP contribution is 2.21. The lowest BCUT2D eigenvalue weighted by atomic mass is 9.95. The van der Waals surface area contributed by atoms with Crippen molar-refractivity contribution in [2.24, 2.45) is 23.3 Å². The van der Waals surface area contributed by atoms with Crippen LogP contribution in [0.25, 0.3) is 0 Å². The number of aliphatic hydroxyl groups is 3. The Kier molecular flexibility index (Phi) is 21.9. The van der Waals surface area contributed by atoms with Crippen molar-refractivity contribution >= 4 is 53.2 Å². The largest absolute Gasteiger partial charge is 0.508 e. The molecule has 69 heavy (non-hydrogen) atoms. The minimum Gasteiger partial charge on any atom is -0.508 e. The molecule has 0 spiro atoms. The second kappa shape index (κ2) is 26.7. The maximum absolute atomic E-state index is 14.4. The van der Waals surface area contributed by atoms with Crippen molar-refractivity contribution in [2.75, 3.05) is 13.2 Å². The molecule has 0 radical (unpaired) electrons. The Morgan fingerprint density at radius 2 is 1.20 bits per heavy atom. The molecule has 0 aromatic heterocycles. The summed E-state index contributed by atoms with van der Waals surface area (Å²) in [4.78, 5) is 119. The number of aromatic hydroxyl groups is 1. The molecule has 11 atom stereocenters. The molecule has 3 rings (SSSR count). The molecule has 9 amide bonds. The maximum Gasteiger partial charge on any atom is 0.243 e. The summed E-state index contributed by atoms with van der Waals surface area (Å²) in [6.07, 6.45) is -7.52. The van der Waals surface area contributed by atoms with Crippen LogP contribution in [0.15, 0.2) is 54.6 Å². The van der Waals surface area contributed by atoms with Gasteiger partial charge in [0.25, 0.3) is 0 Å². The van der Waals surface area contributed by atoms with Crippen LogP contribution < -0.4 is 54.0 Å². The molecular formula is C45H66N10O14. The molecule has 2 aromatic carbocycles. The lowest BCUT2D eigenvalue weighted by molar-refractivity contribution is -0.203. The number of carbonyl (C=O) groups is 9. The number of primary amides is 1. The molecule has 24 nitrogen and oxygen atoms in total. The Morgan fingerprint density at radius 3 is 1.77 bits per heavy atom. The van der Waals surface area contributed by atoms with Crippen LogP contribution in [0, 0.1) is 11.8 Å². The highest BCUT2D eigenvalue weighted by atomic mass is 16.5. The third kappa shape index (κ3) is 17.7. The molecule has 0 bridgehead atoms. The van der Waals surface area contributed by atoms with Crippen LogP contribution in [0.3, 0.4) is 0 Å². The fourth-order valence-electron chi connectivity index (χ4n) is 7.09. The lowest BCUT2D eigenvalue weighted by Gasteiger charge is -2.42. The van der Waals surface area contributed by atoms with E-state index in [1.165, 1.54) is 19.1 Å². The average molecular weight is 971 g/mol. The molecule has 380 valence electrons. The minimum absolute atomic E-state index is 0.0154. The molecule has 2 aromatic rings. The Morgan fingerprint density at radius 1 is 0.652 bits per heavy atom. The van der Waals surface area contributed by atoms with E-state index in [1.807, 2.05) is 0 Å². The lowest BCUT2D eigenvalue weighted by Crippen LogP contribution is -2.68. The molecule has 1 heterocycles. The van der Waals surface area contributed by atoms with Crippen LogP contribution in [0.2, 0.25) is 0 Å². The van der Waals surface area contributed by atoms with Crippen LogP contribution in [0.4, 0.5) is 0 Å². The molecule has 1 aliphatic rings. The predicted molar refractivity (Wildman–Crippen MR) is 245 cm³/mol. The Balaban J connectivity index is 1.96. The molecule has 1 fully saturated rings. The van der Waals surface area contributed by atoms with Gasteiger partial charge in [0.2, 0.25) is 53.2 Å². The van der Waals surface area contributed by atoms with Crippen molar-refractivity contribution in [2.45, 2.75) is 128 Å². The van der Waals surface area contributed by atoms with Crippen molar-refractivity contribution in [3.8, 4) is 5.75 Å². The van der Waals surface area contributed by atoms with Gasteiger partial charge in [0.15, 0.2) is 6.23 Å². The van der Waals surface area contributed by atoms with Gasteiger partial charge in [-0.3, -0.25) is 43.2 Å². The van der Waals surface area contributed by atoms with E-state index in [0.29, 0.717) is 11.1 Å². The molecule has 16 N–H and O–H groups in total. The highest BCUT2D eigenvalue weighted by molar-refractivity contribution is 5.98. The van der Waals surface area contributed by atoms with E-state index in [2.05, 4.69) is 42.5 Å². The van der Waals surface area contributed by atoms with Gasteiger partial charge in [-0.2, -0.15) is 0 Å². The van der Waals surface area contributed by atoms with E-state index in [-0.39, 0.29) is 18.6 Å². The van der Waals surface area contributed by atoms with E-state index in [4.69, 9.17) is 16.2 Å². The zero-order chi connectivity index (χ0) is 51.7. The summed E-state index contributed by atoms with van der Waals surface area (Å²) >= 11 is 0. The average Bonchev–Trinajstić information content (AvgIpc) is 3.28. The summed E-state index contributed by atoms with van der Waals surface area (Å²) in [6, 6.07) is 4.58. The van der Waals surface area contributed by atoms with Gasteiger partial charge in [-0.15, -0.1) is 0 Å². The van der Waals surface area contributed by atoms with Crippen LogP contribution in [0.5, 0.6) is 5.75 Å². The summed E-state index contributed by atoms with van der Waals surface area (Å²) in [5, 5.41) is 60.4. The summed E-state index contributed by atoms with van der Waals surface area (Å²) in [6.45, 7) is 7.47. The fraction of sp³-hybridized carbons (Fsp3) is 0.533. The van der Waals surface area contributed by atoms with E-state index in [0.717, 1.165) is 6.92 Å². The van der Waals surface area contributed by atoms with Gasteiger partial charge >= 0.3 is 0 Å². The van der Waals surface area contributed by atoms with Crippen LogP contribution >= 0.6 is 0 Å². The number of amides is 9. The number of phenolic OH excluding ortho intramolecular Hbond substituents is 1. The Bertz CT molecular complexity index is 2110. The minimum atomic E-state index is -1.86. The predicted octanol–water partition coefficient (Wildman–Crippen LogP) is -4.69. The molecule has 1 aliphatic heterocycles. The molecule has 1 saturated heterocycles. The molecule has 0 unspecified atom stereocenters. The molecule has 24 heteroatoms. The number of rotatable bonds is 24.